The van der Waals surface area contributed by atoms with Crippen LogP contribution in [-0.2, 0) is 14.3 Å². The maximum Gasteiger partial charge on any atom is 0.311 e. The molecule has 0 aromatic heterocycles. The van der Waals surface area contributed by atoms with Gasteiger partial charge in [-0.1, -0.05) is 31.5 Å². The molecule has 0 saturated carbocycles. The molecule has 0 aliphatic rings. The molecule has 0 amide bonds. The van der Waals surface area contributed by atoms with Gasteiger partial charge in [0.05, 0.1) is 5.02 Å². The smallest absolute Gasteiger partial charge is 0.311 e. The fourth-order valence-electron chi connectivity index (χ4n) is 1.64. The Labute approximate surface area is 136 Å². The fraction of sp³-hybridized carbons (Fsp3) is 0.529. The van der Waals surface area contributed by atoms with Gasteiger partial charge in [0.25, 0.3) is 0 Å². The molecule has 1 rings (SSSR count). The molecule has 1 aromatic carbocycles. The van der Waals surface area contributed by atoms with Crippen molar-refractivity contribution in [3.8, 4) is 5.75 Å². The first-order chi connectivity index (χ1) is 10.3. The topological polar surface area (TPSA) is 52.6 Å². The van der Waals surface area contributed by atoms with Crippen molar-refractivity contribution in [3.63, 3.8) is 0 Å². The maximum absolute atomic E-state index is 11.8. The number of ether oxygens (including phenoxy) is 2. The van der Waals surface area contributed by atoms with E-state index in [2.05, 4.69) is 0 Å². The SMILES string of the molecule is Cc1ccc(Cl)c(OC(=O)CCCC(=O)OC(C)C(C)C)c1. The average Bonchev–Trinajstić information content (AvgIpc) is 2.42. The van der Waals surface area contributed by atoms with Crippen LogP contribution in [0.25, 0.3) is 0 Å². The van der Waals surface area contributed by atoms with Gasteiger partial charge in [0.15, 0.2) is 0 Å². The molecule has 1 atom stereocenters. The van der Waals surface area contributed by atoms with E-state index in [0.29, 0.717) is 17.2 Å². The number of carbonyl (C=O) groups is 2. The number of hydrogen-bond acceptors (Lipinski definition) is 4. The van der Waals surface area contributed by atoms with Crippen molar-refractivity contribution < 1.29 is 19.1 Å². The first kappa shape index (κ1) is 18.5. The molecule has 0 aliphatic carbocycles. The number of halogens is 1. The summed E-state index contributed by atoms with van der Waals surface area (Å²) in [5.41, 5.74) is 0.957. The third kappa shape index (κ3) is 6.48. The Morgan fingerprint density at radius 2 is 1.77 bits per heavy atom. The van der Waals surface area contributed by atoms with Gasteiger partial charge in [0.1, 0.15) is 11.9 Å². The monoisotopic (exact) mass is 326 g/mol. The molecule has 0 bridgehead atoms. The van der Waals surface area contributed by atoms with Gasteiger partial charge in [0, 0.05) is 12.8 Å². The normalized spacial score (nSPS) is 12.1. The van der Waals surface area contributed by atoms with E-state index in [-0.39, 0.29) is 30.8 Å². The van der Waals surface area contributed by atoms with Crippen molar-refractivity contribution in [3.05, 3.63) is 28.8 Å². The van der Waals surface area contributed by atoms with Crippen LogP contribution >= 0.6 is 11.6 Å². The molecule has 0 spiro atoms. The number of esters is 2. The fourth-order valence-corrected chi connectivity index (χ4v) is 1.80. The quantitative estimate of drug-likeness (QED) is 0.553. The lowest BCUT2D eigenvalue weighted by atomic mass is 10.1. The van der Waals surface area contributed by atoms with E-state index < -0.39 is 5.97 Å². The van der Waals surface area contributed by atoms with E-state index in [9.17, 15) is 9.59 Å². The van der Waals surface area contributed by atoms with Crippen LogP contribution in [0, 0.1) is 12.8 Å². The molecular weight excluding hydrogens is 304 g/mol. The molecule has 0 aliphatic heterocycles. The predicted octanol–water partition coefficient (Wildman–Crippen LogP) is 4.31. The molecule has 122 valence electrons. The van der Waals surface area contributed by atoms with Crippen LogP contribution in [0.15, 0.2) is 18.2 Å². The van der Waals surface area contributed by atoms with Gasteiger partial charge in [0.2, 0.25) is 0 Å². The Balaban J connectivity index is 2.34. The molecule has 22 heavy (non-hydrogen) atoms. The third-order valence-electron chi connectivity index (χ3n) is 3.33. The number of aryl methyl sites for hydroxylation is 1. The molecule has 4 nitrogen and oxygen atoms in total. The van der Waals surface area contributed by atoms with Crippen LogP contribution in [-0.4, -0.2) is 18.0 Å². The third-order valence-corrected chi connectivity index (χ3v) is 3.64. The second kappa shape index (κ2) is 8.79. The summed E-state index contributed by atoms with van der Waals surface area (Å²) in [4.78, 5) is 23.4. The second-order valence-electron chi connectivity index (χ2n) is 5.70. The highest BCUT2D eigenvalue weighted by Crippen LogP contribution is 2.25. The van der Waals surface area contributed by atoms with Crippen molar-refractivity contribution in [1.29, 1.82) is 0 Å². The van der Waals surface area contributed by atoms with E-state index >= 15 is 0 Å². The van der Waals surface area contributed by atoms with Crippen molar-refractivity contribution in [1.82, 2.24) is 0 Å². The molecule has 1 aromatic rings. The van der Waals surface area contributed by atoms with E-state index in [1.165, 1.54) is 0 Å². The second-order valence-corrected chi connectivity index (χ2v) is 6.11. The molecular formula is C17H23ClO4. The first-order valence-electron chi connectivity index (χ1n) is 7.46. The Hall–Kier alpha value is -1.55. The van der Waals surface area contributed by atoms with Gasteiger partial charge in [-0.3, -0.25) is 9.59 Å². The van der Waals surface area contributed by atoms with Crippen LogP contribution in [0.3, 0.4) is 0 Å². The minimum atomic E-state index is -0.405. The Bertz CT molecular complexity index is 525. The van der Waals surface area contributed by atoms with Gasteiger partial charge < -0.3 is 9.47 Å². The lowest BCUT2D eigenvalue weighted by molar-refractivity contribution is -0.150. The standard InChI is InChI=1S/C17H23ClO4/c1-11(2)13(4)21-16(19)6-5-7-17(20)22-15-10-12(3)8-9-14(15)18/h8-11,13H,5-7H2,1-4H3. The predicted molar refractivity (Wildman–Crippen MR) is 86.1 cm³/mol. The van der Waals surface area contributed by atoms with E-state index in [1.807, 2.05) is 33.8 Å². The Morgan fingerprint density at radius 3 is 2.41 bits per heavy atom. The lowest BCUT2D eigenvalue weighted by Gasteiger charge is -2.16. The van der Waals surface area contributed by atoms with Gasteiger partial charge >= 0.3 is 11.9 Å². The summed E-state index contributed by atoms with van der Waals surface area (Å²) in [6.07, 6.45) is 0.625. The zero-order chi connectivity index (χ0) is 16.7. The maximum atomic E-state index is 11.8. The summed E-state index contributed by atoms with van der Waals surface area (Å²) < 4.78 is 10.4. The minimum Gasteiger partial charge on any atom is -0.462 e. The summed E-state index contributed by atoms with van der Waals surface area (Å²) in [5.74, 6) is -0.0696. The highest BCUT2D eigenvalue weighted by atomic mass is 35.5. The van der Waals surface area contributed by atoms with Crippen LogP contribution in [0.1, 0.15) is 45.6 Å². The van der Waals surface area contributed by atoms with Crippen molar-refractivity contribution in [2.24, 2.45) is 5.92 Å². The van der Waals surface area contributed by atoms with Gasteiger partial charge in [-0.05, 0) is 43.9 Å². The van der Waals surface area contributed by atoms with E-state index in [4.69, 9.17) is 21.1 Å². The molecule has 0 fully saturated rings. The van der Waals surface area contributed by atoms with Crippen LogP contribution in [0.2, 0.25) is 5.02 Å². The average molecular weight is 327 g/mol. The molecule has 1 unspecified atom stereocenters. The van der Waals surface area contributed by atoms with E-state index in [0.717, 1.165) is 5.56 Å². The van der Waals surface area contributed by atoms with Crippen LogP contribution in [0.4, 0.5) is 0 Å². The van der Waals surface area contributed by atoms with Gasteiger partial charge in [-0.15, -0.1) is 0 Å². The molecule has 0 saturated heterocycles. The zero-order valence-electron chi connectivity index (χ0n) is 13.5. The summed E-state index contributed by atoms with van der Waals surface area (Å²) >= 11 is 5.96. The Morgan fingerprint density at radius 1 is 1.14 bits per heavy atom. The minimum absolute atomic E-state index is 0.120. The number of rotatable bonds is 7. The molecule has 5 heteroatoms. The summed E-state index contributed by atoms with van der Waals surface area (Å²) in [6, 6.07) is 5.23. The number of hydrogen-bond donors (Lipinski definition) is 0. The van der Waals surface area contributed by atoms with E-state index in [1.54, 1.807) is 12.1 Å². The van der Waals surface area contributed by atoms with Crippen molar-refractivity contribution in [2.45, 2.75) is 53.1 Å². The molecule has 0 radical (unpaired) electrons. The zero-order valence-corrected chi connectivity index (χ0v) is 14.3. The highest BCUT2D eigenvalue weighted by Gasteiger charge is 2.14. The number of carbonyl (C=O) groups excluding carboxylic acids is 2. The summed E-state index contributed by atoms with van der Waals surface area (Å²) in [5, 5.41) is 0.393. The lowest BCUT2D eigenvalue weighted by Crippen LogP contribution is -2.20. The van der Waals surface area contributed by atoms with Crippen molar-refractivity contribution >= 4 is 23.5 Å². The first-order valence-corrected chi connectivity index (χ1v) is 7.83. The van der Waals surface area contributed by atoms with Crippen LogP contribution in [0.5, 0.6) is 5.75 Å². The van der Waals surface area contributed by atoms with Crippen molar-refractivity contribution in [2.75, 3.05) is 0 Å². The van der Waals surface area contributed by atoms with Gasteiger partial charge in [-0.2, -0.15) is 0 Å². The van der Waals surface area contributed by atoms with Crippen LogP contribution < -0.4 is 4.74 Å². The Kier molecular flexibility index (Phi) is 7.39. The molecule has 0 N–H and O–H groups in total. The van der Waals surface area contributed by atoms with Gasteiger partial charge in [-0.25, -0.2) is 0 Å². The summed E-state index contributed by atoms with van der Waals surface area (Å²) in [7, 11) is 0. The summed E-state index contributed by atoms with van der Waals surface area (Å²) in [6.45, 7) is 7.72. The number of benzene rings is 1. The highest BCUT2D eigenvalue weighted by molar-refractivity contribution is 6.32. The largest absolute Gasteiger partial charge is 0.462 e. The molecule has 0 heterocycles.